The van der Waals surface area contributed by atoms with Crippen molar-refractivity contribution in [2.45, 2.75) is 57.5 Å². The van der Waals surface area contributed by atoms with Gasteiger partial charge < -0.3 is 10.6 Å². The van der Waals surface area contributed by atoms with Gasteiger partial charge in [0.2, 0.25) is 0 Å². The van der Waals surface area contributed by atoms with Crippen LogP contribution < -0.4 is 10.6 Å². The molecule has 0 aromatic heterocycles. The molecule has 1 rings (SSSR count). The summed E-state index contributed by atoms with van der Waals surface area (Å²) in [6.07, 6.45) is 3.09. The zero-order valence-electron chi connectivity index (χ0n) is 18.0. The van der Waals surface area contributed by atoms with Gasteiger partial charge in [-0.1, -0.05) is 12.1 Å². The fraction of sp³-hybridized carbons (Fsp3) is 0.650. The van der Waals surface area contributed by atoms with Gasteiger partial charge in [0.25, 0.3) is 0 Å². The minimum atomic E-state index is -3.14. The summed E-state index contributed by atoms with van der Waals surface area (Å²) in [4.78, 5) is 7.09. The number of rotatable bonds is 10. The van der Waals surface area contributed by atoms with E-state index in [4.69, 9.17) is 0 Å². The smallest absolute Gasteiger partial charge is 0.190 e. The summed E-state index contributed by atoms with van der Waals surface area (Å²) in [5, 5.41) is 6.65. The molecule has 2 N–H and O–H groups in total. The second-order valence-electron chi connectivity index (χ2n) is 7.37. The Balaban J connectivity index is 0.00000729. The highest BCUT2D eigenvalue weighted by molar-refractivity contribution is 14.0. The monoisotopic (exact) mass is 524 g/mol. The van der Waals surface area contributed by atoms with Crippen LogP contribution in [0.25, 0.3) is 0 Å². The molecule has 8 heteroatoms. The number of guanidine groups is 1. The number of nitrogens with one attached hydrogen (secondary N) is 2. The molecule has 0 fully saturated rings. The SMILES string of the molecule is CN=C(NCCCN(C(C)C)C(C)C)NCCc1ccc(S(C)(=O)=O)cc1.I. The maximum atomic E-state index is 11.5. The summed E-state index contributed by atoms with van der Waals surface area (Å²) in [5.74, 6) is 0.795. The zero-order valence-corrected chi connectivity index (χ0v) is 21.2. The van der Waals surface area contributed by atoms with E-state index in [0.717, 1.165) is 44.0 Å². The quantitative estimate of drug-likeness (QED) is 0.213. The predicted octanol–water partition coefficient (Wildman–Crippen LogP) is 2.92. The Labute approximate surface area is 188 Å². The average molecular weight is 525 g/mol. The number of nitrogens with zero attached hydrogens (tertiary/aromatic N) is 2. The minimum absolute atomic E-state index is 0. The first-order chi connectivity index (χ1) is 12.6. The highest BCUT2D eigenvalue weighted by atomic mass is 127. The molecular weight excluding hydrogens is 487 g/mol. The number of aliphatic imine (C=N–C) groups is 1. The van der Waals surface area contributed by atoms with Crippen molar-refractivity contribution in [2.24, 2.45) is 4.99 Å². The van der Waals surface area contributed by atoms with E-state index in [9.17, 15) is 8.42 Å². The molecule has 0 unspecified atom stereocenters. The van der Waals surface area contributed by atoms with Crippen LogP contribution in [0.15, 0.2) is 34.2 Å². The molecule has 0 bridgehead atoms. The van der Waals surface area contributed by atoms with E-state index >= 15 is 0 Å². The van der Waals surface area contributed by atoms with E-state index < -0.39 is 9.84 Å². The van der Waals surface area contributed by atoms with Crippen LogP contribution in [0.1, 0.15) is 39.7 Å². The number of hydrogen-bond donors (Lipinski definition) is 2. The van der Waals surface area contributed by atoms with Gasteiger partial charge in [0.1, 0.15) is 0 Å². The molecule has 0 aliphatic rings. The van der Waals surface area contributed by atoms with Crippen molar-refractivity contribution in [1.29, 1.82) is 0 Å². The van der Waals surface area contributed by atoms with Crippen molar-refractivity contribution in [3.05, 3.63) is 29.8 Å². The first-order valence-electron chi connectivity index (χ1n) is 9.64. The van der Waals surface area contributed by atoms with Gasteiger partial charge in [-0.15, -0.1) is 24.0 Å². The average Bonchev–Trinajstić information content (AvgIpc) is 2.59. The molecule has 1 aromatic rings. The van der Waals surface area contributed by atoms with E-state index in [1.54, 1.807) is 19.2 Å². The normalized spacial score (nSPS) is 12.4. The van der Waals surface area contributed by atoms with Gasteiger partial charge in [-0.2, -0.15) is 0 Å². The fourth-order valence-electron chi connectivity index (χ4n) is 3.03. The molecule has 6 nitrogen and oxygen atoms in total. The first-order valence-corrected chi connectivity index (χ1v) is 11.5. The van der Waals surface area contributed by atoms with E-state index in [2.05, 4.69) is 48.2 Å². The third-order valence-electron chi connectivity index (χ3n) is 4.49. The van der Waals surface area contributed by atoms with Gasteiger partial charge in [-0.05, 0) is 58.2 Å². The maximum Gasteiger partial charge on any atom is 0.190 e. The van der Waals surface area contributed by atoms with E-state index in [1.165, 1.54) is 6.26 Å². The Morgan fingerprint density at radius 1 is 1.04 bits per heavy atom. The standard InChI is InChI=1S/C20H36N4O2S.HI/c1-16(2)24(17(3)4)15-7-13-22-20(21-5)23-14-12-18-8-10-19(11-9-18)27(6,25)26;/h8-11,16-17H,7,12-15H2,1-6H3,(H2,21,22,23);1H. The molecule has 0 radical (unpaired) electrons. The summed E-state index contributed by atoms with van der Waals surface area (Å²) in [7, 11) is -1.37. The summed E-state index contributed by atoms with van der Waals surface area (Å²) >= 11 is 0. The van der Waals surface area contributed by atoms with E-state index in [-0.39, 0.29) is 24.0 Å². The number of sulfone groups is 1. The second kappa shape index (κ2) is 13.4. The van der Waals surface area contributed by atoms with Gasteiger partial charge in [0.15, 0.2) is 15.8 Å². The van der Waals surface area contributed by atoms with Gasteiger partial charge in [0.05, 0.1) is 4.90 Å². The minimum Gasteiger partial charge on any atom is -0.356 e. The largest absolute Gasteiger partial charge is 0.356 e. The summed E-state index contributed by atoms with van der Waals surface area (Å²) < 4.78 is 23.0. The van der Waals surface area contributed by atoms with Gasteiger partial charge in [-0.25, -0.2) is 8.42 Å². The molecule has 1 aromatic carbocycles. The third kappa shape index (κ3) is 10.1. The zero-order chi connectivity index (χ0) is 20.4. The van der Waals surface area contributed by atoms with Crippen LogP contribution in [-0.4, -0.2) is 64.3 Å². The van der Waals surface area contributed by atoms with Gasteiger partial charge >= 0.3 is 0 Å². The van der Waals surface area contributed by atoms with E-state index in [1.807, 2.05) is 12.1 Å². The Kier molecular flexibility index (Phi) is 13.0. The predicted molar refractivity (Wildman–Crippen MR) is 130 cm³/mol. The first kappa shape index (κ1) is 27.1. The Morgan fingerprint density at radius 3 is 2.04 bits per heavy atom. The molecule has 0 amide bonds. The number of halogens is 1. The number of benzene rings is 1. The Morgan fingerprint density at radius 2 is 1.57 bits per heavy atom. The van der Waals surface area contributed by atoms with Gasteiger partial charge in [0, 0.05) is 45.0 Å². The molecule has 28 heavy (non-hydrogen) atoms. The molecule has 162 valence electrons. The van der Waals surface area contributed by atoms with Crippen LogP contribution in [0.5, 0.6) is 0 Å². The van der Waals surface area contributed by atoms with Gasteiger partial charge in [-0.3, -0.25) is 9.89 Å². The summed E-state index contributed by atoms with van der Waals surface area (Å²) in [6.45, 7) is 11.6. The lowest BCUT2D eigenvalue weighted by Crippen LogP contribution is -2.41. The van der Waals surface area contributed by atoms with Crippen LogP contribution in [-0.2, 0) is 16.3 Å². The van der Waals surface area contributed by atoms with Crippen molar-refractivity contribution in [3.8, 4) is 0 Å². The molecule has 0 aliphatic carbocycles. The van der Waals surface area contributed by atoms with Crippen molar-refractivity contribution >= 4 is 39.8 Å². The van der Waals surface area contributed by atoms with Crippen LogP contribution in [0.2, 0.25) is 0 Å². The van der Waals surface area contributed by atoms with Crippen molar-refractivity contribution < 1.29 is 8.42 Å². The molecule has 0 saturated carbocycles. The van der Waals surface area contributed by atoms with Crippen molar-refractivity contribution in [1.82, 2.24) is 15.5 Å². The molecule has 0 saturated heterocycles. The molecule has 0 heterocycles. The second-order valence-corrected chi connectivity index (χ2v) is 9.39. The highest BCUT2D eigenvalue weighted by Crippen LogP contribution is 2.10. The molecule has 0 spiro atoms. The van der Waals surface area contributed by atoms with Crippen LogP contribution in [0.3, 0.4) is 0 Å². The summed E-state index contributed by atoms with van der Waals surface area (Å²) in [6, 6.07) is 8.15. The third-order valence-corrected chi connectivity index (χ3v) is 5.62. The highest BCUT2D eigenvalue weighted by Gasteiger charge is 2.12. The van der Waals surface area contributed by atoms with Crippen LogP contribution in [0.4, 0.5) is 0 Å². The summed E-state index contributed by atoms with van der Waals surface area (Å²) in [5.41, 5.74) is 1.09. The Hall–Kier alpha value is -0.870. The lowest BCUT2D eigenvalue weighted by atomic mass is 10.1. The van der Waals surface area contributed by atoms with Crippen molar-refractivity contribution in [2.75, 3.05) is 32.9 Å². The molecule has 0 atom stereocenters. The molecule has 0 aliphatic heterocycles. The van der Waals surface area contributed by atoms with E-state index in [0.29, 0.717) is 17.0 Å². The van der Waals surface area contributed by atoms with Crippen molar-refractivity contribution in [3.63, 3.8) is 0 Å². The van der Waals surface area contributed by atoms with Crippen LogP contribution >= 0.6 is 24.0 Å². The lowest BCUT2D eigenvalue weighted by Gasteiger charge is -2.30. The lowest BCUT2D eigenvalue weighted by molar-refractivity contribution is 0.173. The maximum absolute atomic E-state index is 11.5. The fourth-order valence-corrected chi connectivity index (χ4v) is 3.66. The topological polar surface area (TPSA) is 73.8 Å². The van der Waals surface area contributed by atoms with Crippen LogP contribution in [0, 0.1) is 0 Å². The number of hydrogen-bond acceptors (Lipinski definition) is 4. The molecular formula is C20H37IN4O2S. The Bertz CT molecular complexity index is 681.